The smallest absolute Gasteiger partial charge is 0.462 e. The third-order valence-corrected chi connectivity index (χ3v) is 18.3. The number of phosphoric acid groups is 2. The summed E-state index contributed by atoms with van der Waals surface area (Å²) in [4.78, 5) is 72.4. The molecule has 0 spiro atoms. The first kappa shape index (κ1) is 87.1. The van der Waals surface area contributed by atoms with Gasteiger partial charge in [0, 0.05) is 25.7 Å². The summed E-state index contributed by atoms with van der Waals surface area (Å²) in [6.45, 7) is 14.0. The van der Waals surface area contributed by atoms with E-state index < -0.39 is 97.5 Å². The van der Waals surface area contributed by atoms with Gasteiger partial charge in [0.05, 0.1) is 26.4 Å². The minimum atomic E-state index is -4.95. The van der Waals surface area contributed by atoms with Crippen LogP contribution in [0, 0.1) is 23.7 Å². The van der Waals surface area contributed by atoms with E-state index in [4.69, 9.17) is 37.0 Å². The van der Waals surface area contributed by atoms with Crippen molar-refractivity contribution < 1.29 is 80.2 Å². The fraction of sp³-hybridized carbons (Fsp3) is 0.943. The normalized spacial score (nSPS) is 14.6. The van der Waals surface area contributed by atoms with E-state index >= 15 is 0 Å². The first-order chi connectivity index (χ1) is 42.6. The van der Waals surface area contributed by atoms with Crippen LogP contribution in [0.3, 0.4) is 0 Å². The van der Waals surface area contributed by atoms with Crippen molar-refractivity contribution in [2.24, 2.45) is 23.7 Å². The first-order valence-electron chi connectivity index (χ1n) is 36.2. The van der Waals surface area contributed by atoms with Gasteiger partial charge >= 0.3 is 39.5 Å². The largest absolute Gasteiger partial charge is 0.472 e. The SMILES string of the molecule is CCC(C)CCCCCCCCCCC(=O)OC[C@H](COP(=O)(O)OCC(O)COP(=O)(O)OC[C@@H](COC(=O)CCCCCCCCC(C)C)OC(=O)CCCCCCCCCCCCCCCCCCC(C)C)OC(=O)CCCCCCCCC(C)C. The Balaban J connectivity index is 5.17. The van der Waals surface area contributed by atoms with Crippen LogP contribution < -0.4 is 0 Å². The molecule has 0 radical (unpaired) electrons. The maximum absolute atomic E-state index is 13.0. The van der Waals surface area contributed by atoms with Crippen LogP contribution in [-0.4, -0.2) is 96.7 Å². The Morgan fingerprint density at radius 3 is 0.798 bits per heavy atom. The van der Waals surface area contributed by atoms with Crippen molar-refractivity contribution in [2.45, 2.75) is 363 Å². The van der Waals surface area contributed by atoms with Crippen LogP contribution in [0.5, 0.6) is 0 Å². The highest BCUT2D eigenvalue weighted by Crippen LogP contribution is 2.45. The molecule has 6 atom stereocenters. The number of ether oxygens (including phenoxy) is 4. The van der Waals surface area contributed by atoms with Gasteiger partial charge in [-0.15, -0.1) is 0 Å². The summed E-state index contributed by atoms with van der Waals surface area (Å²) in [5.41, 5.74) is 0. The molecule has 19 heteroatoms. The number of esters is 4. The molecule has 0 rings (SSSR count). The van der Waals surface area contributed by atoms with E-state index in [0.717, 1.165) is 108 Å². The molecule has 0 fully saturated rings. The Hall–Kier alpha value is -1.94. The Morgan fingerprint density at radius 1 is 0.315 bits per heavy atom. The van der Waals surface area contributed by atoms with Gasteiger partial charge in [0.2, 0.25) is 0 Å². The summed E-state index contributed by atoms with van der Waals surface area (Å²) >= 11 is 0. The van der Waals surface area contributed by atoms with Gasteiger partial charge in [-0.1, -0.05) is 293 Å². The molecule has 0 aromatic carbocycles. The van der Waals surface area contributed by atoms with Crippen molar-refractivity contribution >= 4 is 39.5 Å². The molecule has 89 heavy (non-hydrogen) atoms. The number of carbonyl (C=O) groups excluding carboxylic acids is 4. The third kappa shape index (κ3) is 63.2. The predicted octanol–water partition coefficient (Wildman–Crippen LogP) is 19.7. The van der Waals surface area contributed by atoms with Crippen LogP contribution in [0.1, 0.15) is 344 Å². The van der Waals surface area contributed by atoms with Crippen molar-refractivity contribution in [3.05, 3.63) is 0 Å². The zero-order chi connectivity index (χ0) is 66.1. The van der Waals surface area contributed by atoms with Gasteiger partial charge in [-0.3, -0.25) is 37.3 Å². The fourth-order valence-electron chi connectivity index (χ4n) is 10.5. The van der Waals surface area contributed by atoms with Gasteiger partial charge in [0.25, 0.3) is 0 Å². The molecule has 0 aliphatic rings. The molecular weight excluding hydrogens is 1170 g/mol. The number of phosphoric ester groups is 2. The fourth-order valence-corrected chi connectivity index (χ4v) is 12.0. The van der Waals surface area contributed by atoms with Gasteiger partial charge in [-0.2, -0.15) is 0 Å². The number of aliphatic hydroxyl groups is 1. The van der Waals surface area contributed by atoms with Crippen molar-refractivity contribution in [1.29, 1.82) is 0 Å². The number of hydrogen-bond acceptors (Lipinski definition) is 15. The summed E-state index contributed by atoms with van der Waals surface area (Å²) in [6, 6.07) is 0. The molecule has 0 aliphatic heterocycles. The summed E-state index contributed by atoms with van der Waals surface area (Å²) in [5, 5.41) is 10.6. The molecule has 3 N–H and O–H groups in total. The molecule has 0 saturated carbocycles. The number of rotatable bonds is 67. The van der Waals surface area contributed by atoms with E-state index in [0.29, 0.717) is 37.5 Å². The molecular formula is C70H136O17P2. The maximum Gasteiger partial charge on any atom is 0.472 e. The molecule has 0 aromatic heterocycles. The summed E-state index contributed by atoms with van der Waals surface area (Å²) in [6.07, 6.45) is 42.1. The standard InChI is InChI=1S/C70H136O17P2/c1-9-63(8)49-41-33-23-20-21-24-34-42-50-67(72)80-56-66(87-70(75)53-45-37-29-27-32-40-48-62(6)7)59-85-89(78,79)83-55-64(71)54-82-88(76,77)84-58-65(57-81-68(73)51-43-35-28-26-31-39-47-61(4)5)86-69(74)52-44-36-25-19-17-15-13-11-10-12-14-16-18-22-30-38-46-60(2)3/h60-66,71H,9-59H2,1-8H3,(H,76,77)(H,78,79)/t63?,64?,65-,66-/m1/s1. The molecule has 17 nitrogen and oxygen atoms in total. The average Bonchev–Trinajstić information content (AvgIpc) is 3.56. The lowest BCUT2D eigenvalue weighted by Gasteiger charge is -2.21. The predicted molar refractivity (Wildman–Crippen MR) is 358 cm³/mol. The minimum Gasteiger partial charge on any atom is -0.462 e. The van der Waals surface area contributed by atoms with Crippen LogP contribution in [0.4, 0.5) is 0 Å². The molecule has 4 unspecified atom stereocenters. The Bertz CT molecular complexity index is 1770. The van der Waals surface area contributed by atoms with Crippen molar-refractivity contribution in [2.75, 3.05) is 39.6 Å². The second-order valence-electron chi connectivity index (χ2n) is 26.9. The van der Waals surface area contributed by atoms with Crippen molar-refractivity contribution in [1.82, 2.24) is 0 Å². The highest BCUT2D eigenvalue weighted by molar-refractivity contribution is 7.47. The molecule has 0 saturated heterocycles. The Morgan fingerprint density at radius 2 is 0.539 bits per heavy atom. The molecule has 0 amide bonds. The summed E-state index contributed by atoms with van der Waals surface area (Å²) in [5.74, 6) is 0.799. The summed E-state index contributed by atoms with van der Waals surface area (Å²) in [7, 11) is -9.90. The summed E-state index contributed by atoms with van der Waals surface area (Å²) < 4.78 is 68.2. The van der Waals surface area contributed by atoms with Gasteiger partial charge < -0.3 is 33.8 Å². The lowest BCUT2D eigenvalue weighted by Crippen LogP contribution is -2.30. The number of aliphatic hydroxyl groups excluding tert-OH is 1. The van der Waals surface area contributed by atoms with Crippen LogP contribution in [-0.2, 0) is 65.4 Å². The highest BCUT2D eigenvalue weighted by Gasteiger charge is 2.30. The molecule has 0 aromatic rings. The van der Waals surface area contributed by atoms with Crippen LogP contribution in [0.15, 0.2) is 0 Å². The zero-order valence-electron chi connectivity index (χ0n) is 58.1. The topological polar surface area (TPSA) is 237 Å². The molecule has 0 bridgehead atoms. The van der Waals surface area contributed by atoms with Crippen LogP contribution in [0.2, 0.25) is 0 Å². The monoisotopic (exact) mass is 1310 g/mol. The van der Waals surface area contributed by atoms with Gasteiger partial charge in [0.15, 0.2) is 12.2 Å². The quantitative estimate of drug-likeness (QED) is 0.0222. The molecule has 0 aliphatic carbocycles. The van der Waals surface area contributed by atoms with E-state index in [1.54, 1.807) is 0 Å². The maximum atomic E-state index is 13.0. The highest BCUT2D eigenvalue weighted by atomic mass is 31.2. The van der Waals surface area contributed by atoms with Gasteiger partial charge in [-0.25, -0.2) is 9.13 Å². The third-order valence-electron chi connectivity index (χ3n) is 16.4. The van der Waals surface area contributed by atoms with E-state index in [-0.39, 0.29) is 25.7 Å². The van der Waals surface area contributed by atoms with Gasteiger partial charge in [0.1, 0.15) is 19.3 Å². The van der Waals surface area contributed by atoms with Crippen molar-refractivity contribution in [3.8, 4) is 0 Å². The number of carbonyl (C=O) groups is 4. The van der Waals surface area contributed by atoms with Crippen molar-refractivity contribution in [3.63, 3.8) is 0 Å². The zero-order valence-corrected chi connectivity index (χ0v) is 59.8. The minimum absolute atomic E-state index is 0.101. The van der Waals surface area contributed by atoms with E-state index in [1.807, 2.05) is 0 Å². The lowest BCUT2D eigenvalue weighted by atomic mass is 9.99. The van der Waals surface area contributed by atoms with Crippen LogP contribution >= 0.6 is 15.6 Å². The molecule has 528 valence electrons. The first-order valence-corrected chi connectivity index (χ1v) is 39.2. The number of unbranched alkanes of at least 4 members (excludes halogenated alkanes) is 32. The Labute approximate surface area is 543 Å². The van der Waals surface area contributed by atoms with E-state index in [9.17, 15) is 43.2 Å². The average molecular weight is 1310 g/mol. The number of hydrogen-bond donors (Lipinski definition) is 3. The van der Waals surface area contributed by atoms with Gasteiger partial charge in [-0.05, 0) is 49.4 Å². The second-order valence-corrected chi connectivity index (χ2v) is 29.8. The van der Waals surface area contributed by atoms with E-state index in [2.05, 4.69) is 55.4 Å². The molecule has 0 heterocycles. The Kier molecular flexibility index (Phi) is 58.5. The van der Waals surface area contributed by atoms with Crippen LogP contribution in [0.25, 0.3) is 0 Å². The lowest BCUT2D eigenvalue weighted by molar-refractivity contribution is -0.161. The van der Waals surface area contributed by atoms with E-state index in [1.165, 1.54) is 141 Å². The second kappa shape index (κ2) is 59.8.